The molecule has 0 bridgehead atoms. The van der Waals surface area contributed by atoms with Crippen molar-refractivity contribution in [3.8, 4) is 0 Å². The van der Waals surface area contributed by atoms with Crippen LogP contribution in [-0.4, -0.2) is 12.0 Å². The Bertz CT molecular complexity index is 403. The molecular weight excluding hydrogens is 238 g/mol. The van der Waals surface area contributed by atoms with Crippen molar-refractivity contribution in [1.82, 2.24) is 0 Å². The lowest BCUT2D eigenvalue weighted by Crippen LogP contribution is -2.23. The molecule has 0 aliphatic heterocycles. The molecule has 0 aromatic heterocycles. The minimum atomic E-state index is -5.18. The van der Waals surface area contributed by atoms with Crippen molar-refractivity contribution in [3.05, 3.63) is 35.4 Å². The van der Waals surface area contributed by atoms with E-state index in [0.717, 1.165) is 6.07 Å². The maximum Gasteiger partial charge on any atom is 0.454 e. The number of hydrogen-bond donors (Lipinski definition) is 0. The molecule has 0 fully saturated rings. The van der Waals surface area contributed by atoms with Gasteiger partial charge in [-0.2, -0.15) is 26.3 Å². The average Bonchev–Trinajstić information content (AvgIpc) is 2.14. The van der Waals surface area contributed by atoms with E-state index in [1.54, 1.807) is 0 Å². The van der Waals surface area contributed by atoms with Gasteiger partial charge in [-0.1, -0.05) is 12.1 Å². The van der Waals surface area contributed by atoms with E-state index in [4.69, 9.17) is 0 Å². The van der Waals surface area contributed by atoms with Crippen LogP contribution < -0.4 is 0 Å². The first-order valence-corrected chi connectivity index (χ1v) is 3.91. The molecule has 0 atom stereocenters. The van der Waals surface area contributed by atoms with Gasteiger partial charge >= 0.3 is 12.4 Å². The monoisotopic (exact) mass is 242 g/mol. The first-order chi connectivity index (χ1) is 7.12. The zero-order chi connectivity index (χ0) is 12.6. The highest BCUT2D eigenvalue weighted by molar-refractivity contribution is 6.00. The summed E-state index contributed by atoms with van der Waals surface area (Å²) >= 11 is 0. The second-order valence-electron chi connectivity index (χ2n) is 2.91. The zero-order valence-corrected chi connectivity index (χ0v) is 7.49. The van der Waals surface area contributed by atoms with E-state index in [9.17, 15) is 31.1 Å². The largest absolute Gasteiger partial charge is 0.454 e. The third-order valence-electron chi connectivity index (χ3n) is 1.71. The fraction of sp³-hybridized carbons (Fsp3) is 0.222. The Balaban J connectivity index is 3.14. The van der Waals surface area contributed by atoms with Crippen molar-refractivity contribution in [3.63, 3.8) is 0 Å². The quantitative estimate of drug-likeness (QED) is 0.544. The van der Waals surface area contributed by atoms with Gasteiger partial charge < -0.3 is 0 Å². The van der Waals surface area contributed by atoms with Gasteiger partial charge in [-0.25, -0.2) is 0 Å². The van der Waals surface area contributed by atoms with Crippen LogP contribution in [0.1, 0.15) is 15.9 Å². The number of ketones is 1. The first kappa shape index (κ1) is 12.5. The lowest BCUT2D eigenvalue weighted by atomic mass is 10.1. The summed E-state index contributed by atoms with van der Waals surface area (Å²) in [6, 6.07) is 2.20. The molecule has 16 heavy (non-hydrogen) atoms. The molecule has 88 valence electrons. The van der Waals surface area contributed by atoms with Gasteiger partial charge in [-0.05, 0) is 12.1 Å². The van der Waals surface area contributed by atoms with Crippen molar-refractivity contribution in [2.24, 2.45) is 0 Å². The molecule has 0 amide bonds. The molecule has 0 saturated heterocycles. The van der Waals surface area contributed by atoms with Crippen molar-refractivity contribution < 1.29 is 31.1 Å². The van der Waals surface area contributed by atoms with Gasteiger partial charge in [0.15, 0.2) is 0 Å². The smallest absolute Gasteiger partial charge is 0.284 e. The van der Waals surface area contributed by atoms with Crippen LogP contribution >= 0.6 is 0 Å². The van der Waals surface area contributed by atoms with E-state index >= 15 is 0 Å². The summed E-state index contributed by atoms with van der Waals surface area (Å²) in [7, 11) is 0. The molecule has 0 heterocycles. The van der Waals surface area contributed by atoms with E-state index in [0.29, 0.717) is 12.1 Å². The lowest BCUT2D eigenvalue weighted by Gasteiger charge is -2.09. The van der Waals surface area contributed by atoms with Gasteiger partial charge in [-0.15, -0.1) is 0 Å². The minimum Gasteiger partial charge on any atom is -0.284 e. The van der Waals surface area contributed by atoms with Crippen LogP contribution in [0.3, 0.4) is 0 Å². The average molecular weight is 242 g/mol. The molecule has 1 aromatic rings. The van der Waals surface area contributed by atoms with E-state index in [2.05, 4.69) is 0 Å². The normalized spacial score (nSPS) is 12.6. The summed E-state index contributed by atoms with van der Waals surface area (Å²) in [6.07, 6.45) is -9.95. The van der Waals surface area contributed by atoms with E-state index in [1.165, 1.54) is 0 Å². The SMILES string of the molecule is O=C(c1cccc(C(F)(F)F)c1)C(F)(F)F. The summed E-state index contributed by atoms with van der Waals surface area (Å²) in [4.78, 5) is 10.7. The summed E-state index contributed by atoms with van der Waals surface area (Å²) in [5, 5.41) is 0. The fourth-order valence-electron chi connectivity index (χ4n) is 1.00. The van der Waals surface area contributed by atoms with Gasteiger partial charge in [-0.3, -0.25) is 4.79 Å². The number of halogens is 6. The Kier molecular flexibility index (Phi) is 2.98. The number of benzene rings is 1. The number of alkyl halides is 6. The van der Waals surface area contributed by atoms with Gasteiger partial charge in [0.05, 0.1) is 5.56 Å². The van der Waals surface area contributed by atoms with E-state index in [-0.39, 0.29) is 6.07 Å². The highest BCUT2D eigenvalue weighted by Gasteiger charge is 2.40. The number of carbonyl (C=O) groups is 1. The number of Topliss-reactive ketones (excluding diaryl/α,β-unsaturated/α-hetero) is 1. The molecule has 0 unspecified atom stereocenters. The van der Waals surface area contributed by atoms with Crippen molar-refractivity contribution in [1.29, 1.82) is 0 Å². The molecule has 1 rings (SSSR count). The molecule has 1 aromatic carbocycles. The third kappa shape index (κ3) is 2.74. The molecule has 0 aliphatic rings. The van der Waals surface area contributed by atoms with Gasteiger partial charge in [0.25, 0.3) is 5.78 Å². The van der Waals surface area contributed by atoms with E-state index < -0.39 is 29.3 Å². The number of hydrogen-bond acceptors (Lipinski definition) is 1. The molecule has 0 N–H and O–H groups in total. The third-order valence-corrected chi connectivity index (χ3v) is 1.71. The van der Waals surface area contributed by atoms with Crippen LogP contribution in [0.2, 0.25) is 0 Å². The van der Waals surface area contributed by atoms with Crippen LogP contribution in [0.25, 0.3) is 0 Å². The van der Waals surface area contributed by atoms with Crippen molar-refractivity contribution in [2.75, 3.05) is 0 Å². The zero-order valence-electron chi connectivity index (χ0n) is 7.49. The first-order valence-electron chi connectivity index (χ1n) is 3.91. The molecule has 0 aliphatic carbocycles. The van der Waals surface area contributed by atoms with Crippen molar-refractivity contribution in [2.45, 2.75) is 12.4 Å². The second-order valence-corrected chi connectivity index (χ2v) is 2.91. The Morgan fingerprint density at radius 2 is 1.56 bits per heavy atom. The lowest BCUT2D eigenvalue weighted by molar-refractivity contribution is -0.137. The van der Waals surface area contributed by atoms with E-state index in [1.807, 2.05) is 0 Å². The van der Waals surface area contributed by atoms with Crippen LogP contribution in [0.15, 0.2) is 24.3 Å². The number of carbonyl (C=O) groups excluding carboxylic acids is 1. The van der Waals surface area contributed by atoms with Crippen LogP contribution in [0, 0.1) is 0 Å². The summed E-state index contributed by atoms with van der Waals surface area (Å²) in [5.74, 6) is -2.29. The van der Waals surface area contributed by atoms with Crippen LogP contribution in [-0.2, 0) is 6.18 Å². The molecule has 0 spiro atoms. The molecule has 0 saturated carbocycles. The Hall–Kier alpha value is -1.53. The second kappa shape index (κ2) is 3.80. The topological polar surface area (TPSA) is 17.1 Å². The van der Waals surface area contributed by atoms with Gasteiger partial charge in [0, 0.05) is 5.56 Å². The predicted octanol–water partition coefficient (Wildman–Crippen LogP) is 3.45. The number of rotatable bonds is 1. The van der Waals surface area contributed by atoms with Crippen molar-refractivity contribution >= 4 is 5.78 Å². The standard InChI is InChI=1S/C9H4F6O/c10-8(11,12)6-3-1-2-5(4-6)7(16)9(13,14)15/h1-4H. The summed E-state index contributed by atoms with van der Waals surface area (Å²) < 4.78 is 72.2. The molecule has 1 nitrogen and oxygen atoms in total. The predicted molar refractivity (Wildman–Crippen MR) is 41.8 cm³/mol. The fourth-order valence-corrected chi connectivity index (χ4v) is 1.00. The summed E-state index contributed by atoms with van der Waals surface area (Å²) in [5.41, 5.74) is -2.31. The Morgan fingerprint density at radius 1 is 1.00 bits per heavy atom. The minimum absolute atomic E-state index is 0.176. The Labute approximate surface area is 85.7 Å². The van der Waals surface area contributed by atoms with Crippen LogP contribution in [0.4, 0.5) is 26.3 Å². The highest BCUT2D eigenvalue weighted by atomic mass is 19.4. The molecular formula is C9H4F6O. The maximum atomic E-state index is 12.1. The highest BCUT2D eigenvalue weighted by Crippen LogP contribution is 2.31. The Morgan fingerprint density at radius 3 is 2.00 bits per heavy atom. The molecule has 0 radical (unpaired) electrons. The van der Waals surface area contributed by atoms with Crippen LogP contribution in [0.5, 0.6) is 0 Å². The van der Waals surface area contributed by atoms with Gasteiger partial charge in [0.2, 0.25) is 0 Å². The summed E-state index contributed by atoms with van der Waals surface area (Å²) in [6.45, 7) is 0. The van der Waals surface area contributed by atoms with Gasteiger partial charge in [0.1, 0.15) is 0 Å². The maximum absolute atomic E-state index is 12.1. The molecule has 7 heteroatoms.